The van der Waals surface area contributed by atoms with E-state index in [-0.39, 0.29) is 18.4 Å². The maximum Gasteiger partial charge on any atom is 0.161 e. The number of nitrogens with zero attached hydrogens (tertiary/aromatic N) is 2. The van der Waals surface area contributed by atoms with Crippen molar-refractivity contribution in [3.8, 4) is 11.5 Å². The highest BCUT2D eigenvalue weighted by Gasteiger charge is 2.25. The molecule has 1 aliphatic heterocycles. The van der Waals surface area contributed by atoms with Crippen molar-refractivity contribution in [1.82, 2.24) is 9.80 Å². The van der Waals surface area contributed by atoms with Crippen LogP contribution in [0.15, 0.2) is 18.2 Å². The number of aliphatic hydroxyl groups is 1. The number of aliphatic hydroxyl groups excluding tert-OH is 1. The number of ether oxygens (including phenoxy) is 1. The SMILES string of the molecule is CCCN1CCN(C(CO)c2ccc(O)c(OCC)c2)CC1. The van der Waals surface area contributed by atoms with Gasteiger partial charge in [-0.3, -0.25) is 4.90 Å². The average Bonchev–Trinajstić information content (AvgIpc) is 2.53. The number of hydrogen-bond donors (Lipinski definition) is 2. The highest BCUT2D eigenvalue weighted by molar-refractivity contribution is 5.42. The number of aromatic hydroxyl groups is 1. The Hall–Kier alpha value is -1.30. The molecule has 5 nitrogen and oxygen atoms in total. The van der Waals surface area contributed by atoms with Crippen molar-refractivity contribution in [2.45, 2.75) is 26.3 Å². The molecule has 0 radical (unpaired) electrons. The van der Waals surface area contributed by atoms with E-state index < -0.39 is 0 Å². The van der Waals surface area contributed by atoms with Gasteiger partial charge in [-0.05, 0) is 37.6 Å². The molecule has 0 aliphatic carbocycles. The second kappa shape index (κ2) is 8.36. The van der Waals surface area contributed by atoms with Crippen LogP contribution in [0.25, 0.3) is 0 Å². The Balaban J connectivity index is 2.07. The summed E-state index contributed by atoms with van der Waals surface area (Å²) < 4.78 is 5.45. The first-order chi connectivity index (χ1) is 10.7. The molecule has 1 aromatic rings. The quantitative estimate of drug-likeness (QED) is 0.805. The van der Waals surface area contributed by atoms with E-state index >= 15 is 0 Å². The Morgan fingerprint density at radius 2 is 1.91 bits per heavy atom. The van der Waals surface area contributed by atoms with Gasteiger partial charge in [0.1, 0.15) is 0 Å². The minimum absolute atomic E-state index is 0.0383. The Kier molecular flexibility index (Phi) is 6.49. The standard InChI is InChI=1S/C17H28N2O3/c1-3-7-18-8-10-19(11-9-18)15(13-20)14-5-6-16(21)17(12-14)22-4-2/h5-6,12,15,20-21H,3-4,7-11,13H2,1-2H3. The molecule has 1 heterocycles. The molecule has 0 bridgehead atoms. The van der Waals surface area contributed by atoms with E-state index in [1.165, 1.54) is 6.42 Å². The van der Waals surface area contributed by atoms with Crippen LogP contribution < -0.4 is 4.74 Å². The van der Waals surface area contributed by atoms with Crippen molar-refractivity contribution < 1.29 is 14.9 Å². The Labute approximate surface area is 133 Å². The second-order valence-corrected chi connectivity index (χ2v) is 5.74. The molecule has 1 unspecified atom stereocenters. The summed E-state index contributed by atoms with van der Waals surface area (Å²) in [7, 11) is 0. The first-order valence-electron chi connectivity index (χ1n) is 8.22. The fourth-order valence-corrected chi connectivity index (χ4v) is 3.06. The molecule has 2 rings (SSSR count). The fraction of sp³-hybridized carbons (Fsp3) is 0.647. The van der Waals surface area contributed by atoms with Gasteiger partial charge in [-0.1, -0.05) is 13.0 Å². The fourth-order valence-electron chi connectivity index (χ4n) is 3.06. The van der Waals surface area contributed by atoms with E-state index in [0.717, 1.165) is 38.3 Å². The summed E-state index contributed by atoms with van der Waals surface area (Å²) in [6.45, 7) is 9.82. The third-order valence-corrected chi connectivity index (χ3v) is 4.23. The van der Waals surface area contributed by atoms with Gasteiger partial charge in [0.15, 0.2) is 11.5 Å². The lowest BCUT2D eigenvalue weighted by Crippen LogP contribution is -2.48. The van der Waals surface area contributed by atoms with E-state index in [1.54, 1.807) is 6.07 Å². The number of hydrogen-bond acceptors (Lipinski definition) is 5. The largest absolute Gasteiger partial charge is 0.504 e. The number of benzene rings is 1. The number of phenols is 1. The highest BCUT2D eigenvalue weighted by Crippen LogP contribution is 2.31. The molecule has 1 saturated heterocycles. The van der Waals surface area contributed by atoms with E-state index in [2.05, 4.69) is 16.7 Å². The molecular weight excluding hydrogens is 280 g/mol. The predicted octanol–water partition coefficient (Wildman–Crippen LogP) is 1.85. The summed E-state index contributed by atoms with van der Waals surface area (Å²) in [4.78, 5) is 4.78. The summed E-state index contributed by atoms with van der Waals surface area (Å²) in [5, 5.41) is 19.6. The molecule has 2 N–H and O–H groups in total. The minimum Gasteiger partial charge on any atom is -0.504 e. The van der Waals surface area contributed by atoms with Crippen molar-refractivity contribution >= 4 is 0 Å². The Morgan fingerprint density at radius 1 is 1.18 bits per heavy atom. The molecule has 22 heavy (non-hydrogen) atoms. The summed E-state index contributed by atoms with van der Waals surface area (Å²) >= 11 is 0. The van der Waals surface area contributed by atoms with Crippen LogP contribution in [0, 0.1) is 0 Å². The number of rotatable bonds is 7. The van der Waals surface area contributed by atoms with Crippen molar-refractivity contribution in [2.24, 2.45) is 0 Å². The van der Waals surface area contributed by atoms with Gasteiger partial charge in [0, 0.05) is 26.2 Å². The summed E-state index contributed by atoms with van der Waals surface area (Å²) in [5.41, 5.74) is 0.993. The monoisotopic (exact) mass is 308 g/mol. The van der Waals surface area contributed by atoms with Crippen LogP contribution in [0.1, 0.15) is 31.9 Å². The maximum atomic E-state index is 9.83. The number of phenolic OH excluding ortho intramolecular Hbond substituents is 1. The first-order valence-corrected chi connectivity index (χ1v) is 8.22. The molecule has 1 aliphatic rings. The summed E-state index contributed by atoms with van der Waals surface area (Å²) in [6, 6.07) is 5.33. The topological polar surface area (TPSA) is 56.2 Å². The molecule has 0 saturated carbocycles. The zero-order valence-corrected chi connectivity index (χ0v) is 13.7. The molecule has 0 aromatic heterocycles. The van der Waals surface area contributed by atoms with Crippen molar-refractivity contribution in [3.05, 3.63) is 23.8 Å². The molecule has 0 spiro atoms. The van der Waals surface area contributed by atoms with E-state index in [9.17, 15) is 10.2 Å². The zero-order chi connectivity index (χ0) is 15.9. The second-order valence-electron chi connectivity index (χ2n) is 5.74. The van der Waals surface area contributed by atoms with Gasteiger partial charge in [0.25, 0.3) is 0 Å². The summed E-state index contributed by atoms with van der Waals surface area (Å²) in [6.07, 6.45) is 1.18. The van der Waals surface area contributed by atoms with E-state index in [0.29, 0.717) is 12.4 Å². The van der Waals surface area contributed by atoms with Gasteiger partial charge in [0.2, 0.25) is 0 Å². The van der Waals surface area contributed by atoms with Gasteiger partial charge in [-0.2, -0.15) is 0 Å². The molecule has 5 heteroatoms. The zero-order valence-electron chi connectivity index (χ0n) is 13.7. The van der Waals surface area contributed by atoms with Gasteiger partial charge >= 0.3 is 0 Å². The lowest BCUT2D eigenvalue weighted by molar-refractivity contribution is 0.0650. The minimum atomic E-state index is -0.0383. The molecule has 1 atom stereocenters. The van der Waals surface area contributed by atoms with Gasteiger partial charge in [0.05, 0.1) is 19.3 Å². The van der Waals surface area contributed by atoms with Crippen molar-refractivity contribution in [1.29, 1.82) is 0 Å². The average molecular weight is 308 g/mol. The van der Waals surface area contributed by atoms with Crippen LogP contribution in [0.3, 0.4) is 0 Å². The molecular formula is C17H28N2O3. The van der Waals surface area contributed by atoms with Crippen LogP contribution in [0.4, 0.5) is 0 Å². The smallest absolute Gasteiger partial charge is 0.161 e. The van der Waals surface area contributed by atoms with Crippen molar-refractivity contribution in [3.63, 3.8) is 0 Å². The summed E-state index contributed by atoms with van der Waals surface area (Å²) in [5.74, 6) is 0.637. The van der Waals surface area contributed by atoms with E-state index in [1.807, 2.05) is 19.1 Å². The van der Waals surface area contributed by atoms with Crippen LogP contribution >= 0.6 is 0 Å². The normalized spacial score (nSPS) is 18.3. The van der Waals surface area contributed by atoms with Crippen LogP contribution in [0.2, 0.25) is 0 Å². The Bertz CT molecular complexity index is 459. The van der Waals surface area contributed by atoms with Gasteiger partial charge < -0.3 is 19.8 Å². The molecule has 1 aromatic carbocycles. The highest BCUT2D eigenvalue weighted by atomic mass is 16.5. The third kappa shape index (κ3) is 4.12. The van der Waals surface area contributed by atoms with E-state index in [4.69, 9.17) is 4.74 Å². The van der Waals surface area contributed by atoms with Crippen LogP contribution in [0.5, 0.6) is 11.5 Å². The van der Waals surface area contributed by atoms with Crippen LogP contribution in [-0.4, -0.2) is 66.0 Å². The van der Waals surface area contributed by atoms with Crippen LogP contribution in [-0.2, 0) is 0 Å². The molecule has 0 amide bonds. The predicted molar refractivity (Wildman–Crippen MR) is 87.4 cm³/mol. The van der Waals surface area contributed by atoms with Gasteiger partial charge in [-0.25, -0.2) is 0 Å². The maximum absolute atomic E-state index is 9.83. The number of piperazine rings is 1. The molecule has 1 fully saturated rings. The molecule has 124 valence electrons. The third-order valence-electron chi connectivity index (χ3n) is 4.23. The van der Waals surface area contributed by atoms with Crippen molar-refractivity contribution in [2.75, 3.05) is 45.9 Å². The van der Waals surface area contributed by atoms with Gasteiger partial charge in [-0.15, -0.1) is 0 Å². The lowest BCUT2D eigenvalue weighted by Gasteiger charge is -2.38. The first kappa shape index (κ1) is 17.1. The Morgan fingerprint density at radius 3 is 2.50 bits per heavy atom. The lowest BCUT2D eigenvalue weighted by atomic mass is 10.0.